The number of nitrogens with zero attached hydrogens (tertiary/aromatic N) is 2. The number of hydrogen-bond donors (Lipinski definition) is 4. The molecule has 0 spiro atoms. The number of phenols is 1. The van der Waals surface area contributed by atoms with Gasteiger partial charge in [-0.3, -0.25) is 14.3 Å². The molecule has 1 aliphatic rings. The number of aliphatic hydroxyl groups excluding tert-OH is 1. The van der Waals surface area contributed by atoms with Crippen LogP contribution in [0.1, 0.15) is 28.4 Å². The van der Waals surface area contributed by atoms with Crippen molar-refractivity contribution in [3.8, 4) is 5.75 Å². The number of rotatable bonds is 5. The van der Waals surface area contributed by atoms with E-state index in [0.29, 0.717) is 31.6 Å². The van der Waals surface area contributed by atoms with Crippen LogP contribution in [0.25, 0.3) is 16.7 Å². The first-order valence-corrected chi connectivity index (χ1v) is 9.36. The van der Waals surface area contributed by atoms with Crippen LogP contribution in [0, 0.1) is 0 Å². The average molecular weight is 394 g/mol. The van der Waals surface area contributed by atoms with Gasteiger partial charge in [0.1, 0.15) is 5.75 Å². The molecule has 0 saturated carbocycles. The van der Waals surface area contributed by atoms with Crippen molar-refractivity contribution in [2.24, 2.45) is 5.73 Å². The van der Waals surface area contributed by atoms with Gasteiger partial charge < -0.3 is 20.9 Å². The molecule has 1 aliphatic heterocycles. The number of carbonyl (C=O) groups excluding carboxylic acids is 1. The maximum atomic E-state index is 12.4. The molecule has 150 valence electrons. The van der Waals surface area contributed by atoms with Crippen LogP contribution in [0.2, 0.25) is 0 Å². The Labute approximate surface area is 166 Å². The number of aromatic nitrogens is 2. The number of para-hydroxylation sites is 2. The average Bonchev–Trinajstić information content (AvgIpc) is 3.04. The molecular formula is C21H22N4O4. The van der Waals surface area contributed by atoms with Crippen molar-refractivity contribution in [1.82, 2.24) is 14.5 Å². The van der Waals surface area contributed by atoms with Crippen LogP contribution in [0.5, 0.6) is 5.75 Å². The lowest BCUT2D eigenvalue weighted by Gasteiger charge is -2.28. The number of hydrogen-bond acceptors (Lipinski definition) is 5. The zero-order valence-corrected chi connectivity index (χ0v) is 15.7. The minimum Gasteiger partial charge on any atom is -0.507 e. The molecule has 0 saturated heterocycles. The molecule has 2 aromatic carbocycles. The third-order valence-electron chi connectivity index (χ3n) is 5.25. The van der Waals surface area contributed by atoms with Crippen molar-refractivity contribution < 1.29 is 15.0 Å². The van der Waals surface area contributed by atoms with Gasteiger partial charge in [0.25, 0.3) is 5.91 Å². The lowest BCUT2D eigenvalue weighted by atomic mass is 10.0. The van der Waals surface area contributed by atoms with E-state index < -0.39 is 12.0 Å². The zero-order valence-electron chi connectivity index (χ0n) is 15.7. The van der Waals surface area contributed by atoms with Crippen molar-refractivity contribution in [2.75, 3.05) is 19.6 Å². The molecule has 8 heteroatoms. The van der Waals surface area contributed by atoms with Crippen LogP contribution in [0.3, 0.4) is 0 Å². The summed E-state index contributed by atoms with van der Waals surface area (Å²) in [5.74, 6) is -0.950. The molecule has 0 aliphatic carbocycles. The molecule has 3 aromatic rings. The van der Waals surface area contributed by atoms with Crippen LogP contribution in [0.4, 0.5) is 0 Å². The lowest BCUT2D eigenvalue weighted by Crippen LogP contribution is -2.34. The van der Waals surface area contributed by atoms with Crippen molar-refractivity contribution in [2.45, 2.75) is 12.5 Å². The van der Waals surface area contributed by atoms with Gasteiger partial charge in [-0.1, -0.05) is 24.3 Å². The minimum atomic E-state index is -0.834. The third kappa shape index (κ3) is 3.67. The number of nitrogens with one attached hydrogen (secondary N) is 1. The molecule has 8 nitrogen and oxygen atoms in total. The van der Waals surface area contributed by atoms with E-state index in [9.17, 15) is 19.8 Å². The lowest BCUT2D eigenvalue weighted by molar-refractivity contribution is 0.0996. The summed E-state index contributed by atoms with van der Waals surface area (Å²) in [6.45, 7) is 1.62. The Morgan fingerprint density at radius 3 is 2.76 bits per heavy atom. The number of fused-ring (bicyclic) bond motifs is 1. The Morgan fingerprint density at radius 1 is 1.24 bits per heavy atom. The Kier molecular flexibility index (Phi) is 4.96. The number of amides is 1. The monoisotopic (exact) mass is 394 g/mol. The summed E-state index contributed by atoms with van der Waals surface area (Å²) in [6.07, 6.45) is 1.82. The zero-order chi connectivity index (χ0) is 20.5. The molecule has 1 unspecified atom stereocenters. The van der Waals surface area contributed by atoms with Crippen LogP contribution < -0.4 is 11.4 Å². The normalized spacial score (nSPS) is 16.0. The fraction of sp³-hybridized carbons (Fsp3) is 0.238. The van der Waals surface area contributed by atoms with Crippen LogP contribution in [-0.4, -0.2) is 50.2 Å². The van der Waals surface area contributed by atoms with Gasteiger partial charge in [-0.15, -0.1) is 0 Å². The predicted molar refractivity (Wildman–Crippen MR) is 109 cm³/mol. The van der Waals surface area contributed by atoms with Gasteiger partial charge in [0, 0.05) is 31.8 Å². The largest absolute Gasteiger partial charge is 0.507 e. The number of primary amides is 1. The Hall–Kier alpha value is -3.36. The molecule has 1 aromatic heterocycles. The maximum Gasteiger partial charge on any atom is 0.330 e. The molecule has 5 N–H and O–H groups in total. The van der Waals surface area contributed by atoms with E-state index in [0.717, 1.165) is 16.7 Å². The number of carbonyl (C=O) groups is 1. The predicted octanol–water partition coefficient (Wildman–Crippen LogP) is 1.41. The number of aromatic amines is 1. The number of aliphatic hydroxyl groups is 1. The second kappa shape index (κ2) is 7.57. The molecule has 0 radical (unpaired) electrons. The van der Waals surface area contributed by atoms with Gasteiger partial charge in [-0.25, -0.2) is 4.79 Å². The smallest absolute Gasteiger partial charge is 0.330 e. The summed E-state index contributed by atoms with van der Waals surface area (Å²) < 4.78 is 1.70. The fourth-order valence-corrected chi connectivity index (χ4v) is 3.72. The van der Waals surface area contributed by atoms with E-state index in [4.69, 9.17) is 5.73 Å². The molecule has 4 rings (SSSR count). The minimum absolute atomic E-state index is 0.0129. The topological polar surface area (TPSA) is 125 Å². The second-order valence-corrected chi connectivity index (χ2v) is 7.14. The van der Waals surface area contributed by atoms with Crippen LogP contribution >= 0.6 is 0 Å². The number of H-pyrrole nitrogens is 1. The van der Waals surface area contributed by atoms with Gasteiger partial charge in [-0.2, -0.15) is 0 Å². The molecule has 0 bridgehead atoms. The first-order valence-electron chi connectivity index (χ1n) is 9.36. The molecule has 0 fully saturated rings. The van der Waals surface area contributed by atoms with Crippen molar-refractivity contribution in [1.29, 1.82) is 0 Å². The first kappa shape index (κ1) is 19.0. The van der Waals surface area contributed by atoms with Crippen LogP contribution in [-0.2, 0) is 0 Å². The highest BCUT2D eigenvalue weighted by Gasteiger charge is 2.20. The van der Waals surface area contributed by atoms with Gasteiger partial charge in [-0.05, 0) is 29.8 Å². The molecule has 29 heavy (non-hydrogen) atoms. The van der Waals surface area contributed by atoms with Gasteiger partial charge >= 0.3 is 5.69 Å². The van der Waals surface area contributed by atoms with Crippen molar-refractivity contribution in [3.63, 3.8) is 0 Å². The highest BCUT2D eigenvalue weighted by Crippen LogP contribution is 2.25. The molecular weight excluding hydrogens is 372 g/mol. The van der Waals surface area contributed by atoms with Gasteiger partial charge in [0.2, 0.25) is 0 Å². The van der Waals surface area contributed by atoms with Gasteiger partial charge in [0.15, 0.2) is 0 Å². The molecule has 2 heterocycles. The van der Waals surface area contributed by atoms with E-state index in [-0.39, 0.29) is 17.0 Å². The van der Waals surface area contributed by atoms with E-state index in [1.807, 2.05) is 30.3 Å². The quantitative estimate of drug-likeness (QED) is 0.521. The number of nitrogens with two attached hydrogens (primary N) is 1. The van der Waals surface area contributed by atoms with Gasteiger partial charge in [0.05, 0.1) is 22.7 Å². The number of aromatic hydroxyl groups is 1. The number of β-amino-alcohol motifs (C(OH)–C–C–N with tert-alkyl or cyclic N) is 1. The Morgan fingerprint density at radius 2 is 2.03 bits per heavy atom. The van der Waals surface area contributed by atoms with E-state index in [1.54, 1.807) is 10.6 Å². The number of imidazole rings is 1. The summed E-state index contributed by atoms with van der Waals surface area (Å²) in [6, 6.07) is 11.9. The van der Waals surface area contributed by atoms with E-state index >= 15 is 0 Å². The fourth-order valence-electron chi connectivity index (χ4n) is 3.72. The van der Waals surface area contributed by atoms with Crippen LogP contribution in [0.15, 0.2) is 53.3 Å². The molecule has 1 amide bonds. The maximum absolute atomic E-state index is 12.4. The summed E-state index contributed by atoms with van der Waals surface area (Å²) in [7, 11) is 0. The summed E-state index contributed by atoms with van der Waals surface area (Å²) >= 11 is 0. The standard InChI is InChI=1S/C21H22N4O4/c22-20(28)15-11-13(5-6-18(15)26)19(27)12-24-9-7-14(8-10-24)25-17-4-2-1-3-16(17)23-21(25)29/h1-7,11,19,26-27H,8-10,12H2,(H2,22,28)(H,23,29). The number of benzene rings is 2. The SMILES string of the molecule is NC(=O)c1cc(C(O)CN2CC=C(n3c(=O)[nH]c4ccccc43)CC2)ccc1O. The van der Waals surface area contributed by atoms with Crippen molar-refractivity contribution in [3.05, 3.63) is 70.2 Å². The summed E-state index contributed by atoms with van der Waals surface area (Å²) in [4.78, 5) is 28.7. The highest BCUT2D eigenvalue weighted by atomic mass is 16.3. The second-order valence-electron chi connectivity index (χ2n) is 7.14. The first-order chi connectivity index (χ1) is 13.9. The third-order valence-corrected chi connectivity index (χ3v) is 5.25. The summed E-state index contributed by atoms with van der Waals surface area (Å²) in [5.41, 5.74) is 8.17. The Balaban J connectivity index is 1.49. The van der Waals surface area contributed by atoms with E-state index in [2.05, 4.69) is 9.88 Å². The van der Waals surface area contributed by atoms with E-state index in [1.165, 1.54) is 12.1 Å². The highest BCUT2D eigenvalue weighted by molar-refractivity contribution is 5.95. The summed E-state index contributed by atoms with van der Waals surface area (Å²) in [5, 5.41) is 20.2. The van der Waals surface area contributed by atoms with Crippen molar-refractivity contribution >= 4 is 22.6 Å². The Bertz CT molecular complexity index is 1160. The molecule has 1 atom stereocenters.